The Balaban J connectivity index is 1.55. The van der Waals surface area contributed by atoms with Gasteiger partial charge in [-0.3, -0.25) is 15.0 Å². The molecule has 162 valence electrons. The summed E-state index contributed by atoms with van der Waals surface area (Å²) < 4.78 is 28.1. The zero-order valence-corrected chi connectivity index (χ0v) is 18.8. The van der Waals surface area contributed by atoms with E-state index in [1.165, 1.54) is 22.6 Å². The fourth-order valence-electron chi connectivity index (χ4n) is 3.72. The maximum Gasteiger partial charge on any atom is 0.270 e. The van der Waals surface area contributed by atoms with Gasteiger partial charge in [0, 0.05) is 30.1 Å². The van der Waals surface area contributed by atoms with Crippen LogP contribution in [0.2, 0.25) is 0 Å². The zero-order valence-electron chi connectivity index (χ0n) is 17.2. The molecule has 1 aliphatic rings. The van der Waals surface area contributed by atoms with Crippen LogP contribution in [-0.2, 0) is 16.6 Å². The highest BCUT2D eigenvalue weighted by Crippen LogP contribution is 2.25. The van der Waals surface area contributed by atoms with E-state index in [1.54, 1.807) is 18.7 Å². The molecule has 0 aliphatic carbocycles. The predicted molar refractivity (Wildman–Crippen MR) is 119 cm³/mol. The Morgan fingerprint density at radius 2 is 1.90 bits per heavy atom. The Bertz CT molecular complexity index is 1000. The molecule has 0 saturated carbocycles. The molecule has 0 amide bonds. The molecular formula is C21H27N3O4S2. The van der Waals surface area contributed by atoms with E-state index >= 15 is 0 Å². The van der Waals surface area contributed by atoms with Gasteiger partial charge in [-0.1, -0.05) is 24.3 Å². The number of piperidine rings is 1. The highest BCUT2D eigenvalue weighted by atomic mass is 32.2. The van der Waals surface area contributed by atoms with Crippen molar-refractivity contribution in [1.29, 1.82) is 0 Å². The first-order valence-corrected chi connectivity index (χ1v) is 12.6. The quantitative estimate of drug-likeness (QED) is 0.374. The van der Waals surface area contributed by atoms with Crippen molar-refractivity contribution in [2.24, 2.45) is 5.92 Å². The molecule has 1 N–H and O–H groups in total. The van der Waals surface area contributed by atoms with E-state index in [-0.39, 0.29) is 16.5 Å². The molecule has 2 aromatic carbocycles. The lowest BCUT2D eigenvalue weighted by atomic mass is 9.97. The molecule has 2 aromatic rings. The fraction of sp³-hybridized carbons (Fsp3) is 0.429. The number of aryl methyl sites for hydroxylation is 1. The topological polar surface area (TPSA) is 92.6 Å². The number of thioether (sulfide) groups is 1. The van der Waals surface area contributed by atoms with E-state index in [9.17, 15) is 18.5 Å². The van der Waals surface area contributed by atoms with Gasteiger partial charge in [0.1, 0.15) is 0 Å². The Morgan fingerprint density at radius 1 is 1.20 bits per heavy atom. The average molecular weight is 450 g/mol. The van der Waals surface area contributed by atoms with Crippen LogP contribution >= 0.6 is 11.8 Å². The van der Waals surface area contributed by atoms with Gasteiger partial charge >= 0.3 is 0 Å². The normalized spacial score (nSPS) is 15.9. The maximum absolute atomic E-state index is 12.7. The van der Waals surface area contributed by atoms with Crippen molar-refractivity contribution in [2.45, 2.75) is 36.1 Å². The number of nitrogens with one attached hydrogen (secondary N) is 1. The van der Waals surface area contributed by atoms with Gasteiger partial charge < -0.3 is 0 Å². The van der Waals surface area contributed by atoms with Gasteiger partial charge in [-0.25, -0.2) is 13.1 Å². The van der Waals surface area contributed by atoms with Crippen LogP contribution in [0.4, 0.5) is 5.69 Å². The lowest BCUT2D eigenvalue weighted by Gasteiger charge is -2.32. The van der Waals surface area contributed by atoms with Gasteiger partial charge in [-0.15, -0.1) is 11.8 Å². The number of rotatable bonds is 8. The third-order valence-electron chi connectivity index (χ3n) is 5.53. The van der Waals surface area contributed by atoms with Gasteiger partial charge in [0.25, 0.3) is 5.69 Å². The number of hydrogen-bond donors (Lipinski definition) is 1. The summed E-state index contributed by atoms with van der Waals surface area (Å²) >= 11 is 1.75. The van der Waals surface area contributed by atoms with Crippen LogP contribution in [0.1, 0.15) is 24.0 Å². The lowest BCUT2D eigenvalue weighted by Crippen LogP contribution is -2.38. The number of nitro groups is 1. The molecule has 0 unspecified atom stereocenters. The molecule has 1 fully saturated rings. The predicted octanol–water partition coefficient (Wildman–Crippen LogP) is 3.82. The third kappa shape index (κ3) is 5.60. The minimum absolute atomic E-state index is 0.0252. The number of nitrogens with zero attached hydrogens (tertiary/aromatic N) is 2. The number of likely N-dealkylation sites (tertiary alicyclic amines) is 1. The largest absolute Gasteiger partial charge is 0.299 e. The molecule has 30 heavy (non-hydrogen) atoms. The first-order valence-electron chi connectivity index (χ1n) is 9.89. The summed E-state index contributed by atoms with van der Waals surface area (Å²) in [4.78, 5) is 14.1. The monoisotopic (exact) mass is 449 g/mol. The summed E-state index contributed by atoms with van der Waals surface area (Å²) in [6.45, 7) is 4.74. The molecule has 1 saturated heterocycles. The van der Waals surface area contributed by atoms with Gasteiger partial charge in [-0.2, -0.15) is 0 Å². The van der Waals surface area contributed by atoms with Crippen LogP contribution in [0.3, 0.4) is 0 Å². The first-order chi connectivity index (χ1) is 14.3. The van der Waals surface area contributed by atoms with E-state index in [0.717, 1.165) is 38.5 Å². The number of nitro benzene ring substituents is 1. The van der Waals surface area contributed by atoms with E-state index in [4.69, 9.17) is 0 Å². The standard InChI is InChI=1S/C21H27N3O4S2/c1-16-7-8-19(24(25)26)13-21(16)30(27,28)22-14-17-9-11-23(12-10-17)15-18-5-3-4-6-20(18)29-2/h3-8,13,17,22H,9-12,14-15H2,1-2H3. The fourth-order valence-corrected chi connectivity index (χ4v) is 5.71. The van der Waals surface area contributed by atoms with E-state index < -0.39 is 14.9 Å². The Kier molecular flexibility index (Phi) is 7.51. The highest BCUT2D eigenvalue weighted by molar-refractivity contribution is 7.98. The Morgan fingerprint density at radius 3 is 2.57 bits per heavy atom. The van der Waals surface area contributed by atoms with Crippen molar-refractivity contribution < 1.29 is 13.3 Å². The van der Waals surface area contributed by atoms with Crippen molar-refractivity contribution in [3.05, 3.63) is 63.7 Å². The second-order valence-corrected chi connectivity index (χ2v) is 10.2. The Hall–Kier alpha value is -1.94. The van der Waals surface area contributed by atoms with Crippen molar-refractivity contribution in [3.63, 3.8) is 0 Å². The first kappa shape index (κ1) is 22.7. The lowest BCUT2D eigenvalue weighted by molar-refractivity contribution is -0.385. The maximum atomic E-state index is 12.7. The van der Waals surface area contributed by atoms with Crippen LogP contribution in [0.5, 0.6) is 0 Å². The SMILES string of the molecule is CSc1ccccc1CN1CCC(CNS(=O)(=O)c2cc([N+](=O)[O-])ccc2C)CC1. The summed E-state index contributed by atoms with van der Waals surface area (Å²) in [5, 5.41) is 11.0. The van der Waals surface area contributed by atoms with Crippen LogP contribution < -0.4 is 4.72 Å². The van der Waals surface area contributed by atoms with E-state index in [1.807, 2.05) is 0 Å². The zero-order chi connectivity index (χ0) is 21.7. The summed E-state index contributed by atoms with van der Waals surface area (Å²) in [5.74, 6) is 0.255. The van der Waals surface area contributed by atoms with Crippen molar-refractivity contribution in [1.82, 2.24) is 9.62 Å². The van der Waals surface area contributed by atoms with Crippen LogP contribution in [0, 0.1) is 23.0 Å². The molecule has 0 spiro atoms. The molecule has 3 rings (SSSR count). The van der Waals surface area contributed by atoms with E-state index in [0.29, 0.717) is 12.1 Å². The molecule has 7 nitrogen and oxygen atoms in total. The van der Waals surface area contributed by atoms with Gasteiger partial charge in [-0.05, 0) is 62.2 Å². The van der Waals surface area contributed by atoms with Crippen molar-refractivity contribution in [2.75, 3.05) is 25.9 Å². The minimum Gasteiger partial charge on any atom is -0.299 e. The average Bonchev–Trinajstić information content (AvgIpc) is 2.73. The van der Waals surface area contributed by atoms with Gasteiger partial charge in [0.2, 0.25) is 10.0 Å². The molecule has 9 heteroatoms. The third-order valence-corrected chi connectivity index (χ3v) is 7.93. The molecule has 0 aromatic heterocycles. The molecular weight excluding hydrogens is 422 g/mol. The highest BCUT2D eigenvalue weighted by Gasteiger charge is 2.24. The molecule has 1 aliphatic heterocycles. The van der Waals surface area contributed by atoms with Crippen LogP contribution in [-0.4, -0.2) is 44.1 Å². The van der Waals surface area contributed by atoms with Gasteiger partial charge in [0.05, 0.1) is 9.82 Å². The molecule has 1 heterocycles. The van der Waals surface area contributed by atoms with Crippen LogP contribution in [0.15, 0.2) is 52.3 Å². The number of non-ortho nitro benzene ring substituents is 1. The Labute approximate surface area is 182 Å². The van der Waals surface area contributed by atoms with Crippen LogP contribution in [0.25, 0.3) is 0 Å². The summed E-state index contributed by atoms with van der Waals surface area (Å²) in [5.41, 5.74) is 1.60. The molecule has 0 radical (unpaired) electrons. The van der Waals surface area contributed by atoms with Crippen molar-refractivity contribution >= 4 is 27.5 Å². The number of benzene rings is 2. The number of sulfonamides is 1. The smallest absolute Gasteiger partial charge is 0.270 e. The second kappa shape index (κ2) is 9.91. The minimum atomic E-state index is -3.79. The van der Waals surface area contributed by atoms with Crippen molar-refractivity contribution in [3.8, 4) is 0 Å². The van der Waals surface area contributed by atoms with Gasteiger partial charge in [0.15, 0.2) is 0 Å². The van der Waals surface area contributed by atoms with E-state index in [2.05, 4.69) is 40.1 Å². The summed E-state index contributed by atoms with van der Waals surface area (Å²) in [6, 6.07) is 12.3. The summed E-state index contributed by atoms with van der Waals surface area (Å²) in [7, 11) is -3.79. The molecule has 0 bridgehead atoms. The number of hydrogen-bond acceptors (Lipinski definition) is 6. The summed E-state index contributed by atoms with van der Waals surface area (Å²) in [6.07, 6.45) is 3.91. The molecule has 0 atom stereocenters. The second-order valence-electron chi connectivity index (χ2n) is 7.59.